The number of rotatable bonds is 5. The Morgan fingerprint density at radius 1 is 1.14 bits per heavy atom. The fraction of sp³-hybridized carbons (Fsp3) is 0.533. The largest absolute Gasteiger partial charge is 0.481 e. The van der Waals surface area contributed by atoms with E-state index in [1.165, 1.54) is 24.3 Å². The van der Waals surface area contributed by atoms with Crippen LogP contribution in [0.25, 0.3) is 0 Å². The van der Waals surface area contributed by atoms with Crippen molar-refractivity contribution in [2.24, 2.45) is 10.8 Å². The zero-order valence-corrected chi connectivity index (χ0v) is 13.5. The molecule has 0 bridgehead atoms. The van der Waals surface area contributed by atoms with Gasteiger partial charge in [0.2, 0.25) is 10.0 Å². The van der Waals surface area contributed by atoms with Gasteiger partial charge in [0.25, 0.3) is 0 Å². The molecule has 0 unspecified atom stereocenters. The summed E-state index contributed by atoms with van der Waals surface area (Å²) >= 11 is 0. The van der Waals surface area contributed by atoms with E-state index in [0.717, 1.165) is 0 Å². The molecular weight excluding hydrogens is 290 g/mol. The van der Waals surface area contributed by atoms with Gasteiger partial charge in [-0.3, -0.25) is 4.79 Å². The van der Waals surface area contributed by atoms with Gasteiger partial charge in [-0.25, -0.2) is 13.1 Å². The third-order valence-electron chi connectivity index (χ3n) is 4.88. The van der Waals surface area contributed by atoms with Gasteiger partial charge in [-0.1, -0.05) is 39.8 Å². The fourth-order valence-corrected chi connectivity index (χ4v) is 4.21. The molecule has 1 aliphatic carbocycles. The first kappa shape index (κ1) is 16.0. The molecule has 5 nitrogen and oxygen atoms in total. The van der Waals surface area contributed by atoms with Crippen molar-refractivity contribution < 1.29 is 18.3 Å². The van der Waals surface area contributed by atoms with E-state index >= 15 is 0 Å². The summed E-state index contributed by atoms with van der Waals surface area (Å²) in [7, 11) is -3.58. The zero-order valence-electron chi connectivity index (χ0n) is 12.7. The molecule has 6 heteroatoms. The van der Waals surface area contributed by atoms with E-state index in [9.17, 15) is 13.2 Å². The van der Waals surface area contributed by atoms with Gasteiger partial charge in [0, 0.05) is 6.04 Å². The molecule has 0 atom stereocenters. The van der Waals surface area contributed by atoms with Crippen molar-refractivity contribution in [1.82, 2.24) is 4.72 Å². The van der Waals surface area contributed by atoms with Crippen LogP contribution in [0.1, 0.15) is 33.3 Å². The lowest BCUT2D eigenvalue weighted by molar-refractivity contribution is -0.136. The Hall–Kier alpha value is -1.40. The number of carbonyl (C=O) groups is 1. The first-order chi connectivity index (χ1) is 9.48. The molecule has 21 heavy (non-hydrogen) atoms. The first-order valence-corrected chi connectivity index (χ1v) is 8.30. The van der Waals surface area contributed by atoms with Crippen LogP contribution >= 0.6 is 0 Å². The third kappa shape index (κ3) is 2.82. The summed E-state index contributed by atoms with van der Waals surface area (Å²) in [4.78, 5) is 10.8. The Bertz CT molecular complexity index is 645. The van der Waals surface area contributed by atoms with Crippen LogP contribution in [0.5, 0.6) is 0 Å². The normalized spacial score (nSPS) is 20.2. The number of carboxylic acid groups (broad SMARTS) is 1. The maximum atomic E-state index is 12.4. The molecule has 0 heterocycles. The van der Waals surface area contributed by atoms with Crippen molar-refractivity contribution in [1.29, 1.82) is 0 Å². The van der Waals surface area contributed by atoms with E-state index in [2.05, 4.69) is 4.72 Å². The smallest absolute Gasteiger partial charge is 0.307 e. The molecule has 1 aromatic carbocycles. The van der Waals surface area contributed by atoms with Crippen molar-refractivity contribution in [2.45, 2.75) is 45.1 Å². The monoisotopic (exact) mass is 311 g/mol. The van der Waals surface area contributed by atoms with Crippen LogP contribution in [0, 0.1) is 10.8 Å². The molecule has 0 amide bonds. The van der Waals surface area contributed by atoms with E-state index in [1.807, 2.05) is 27.7 Å². The van der Waals surface area contributed by atoms with Gasteiger partial charge < -0.3 is 5.11 Å². The lowest BCUT2D eigenvalue weighted by Gasteiger charge is -2.09. The second-order valence-electron chi connectivity index (χ2n) is 6.71. The Kier molecular flexibility index (Phi) is 3.66. The number of sulfonamides is 1. The van der Waals surface area contributed by atoms with Gasteiger partial charge in [-0.05, 0) is 28.5 Å². The molecule has 0 radical (unpaired) electrons. The minimum absolute atomic E-state index is 0.0800. The molecule has 0 spiro atoms. The summed E-state index contributed by atoms with van der Waals surface area (Å²) in [6.45, 7) is 8.15. The maximum Gasteiger partial charge on any atom is 0.307 e. The van der Waals surface area contributed by atoms with Crippen LogP contribution in [-0.2, 0) is 21.2 Å². The van der Waals surface area contributed by atoms with E-state index in [4.69, 9.17) is 5.11 Å². The second-order valence-corrected chi connectivity index (χ2v) is 8.43. The summed E-state index contributed by atoms with van der Waals surface area (Å²) in [5.41, 5.74) is 0.417. The van der Waals surface area contributed by atoms with E-state index in [-0.39, 0.29) is 28.2 Å². The molecule has 0 saturated heterocycles. The van der Waals surface area contributed by atoms with Crippen LogP contribution in [0.3, 0.4) is 0 Å². The van der Waals surface area contributed by atoms with Crippen LogP contribution < -0.4 is 4.72 Å². The molecule has 2 rings (SSSR count). The van der Waals surface area contributed by atoms with E-state index < -0.39 is 16.0 Å². The molecule has 0 aromatic heterocycles. The maximum absolute atomic E-state index is 12.4. The van der Waals surface area contributed by atoms with E-state index in [1.54, 1.807) is 0 Å². The first-order valence-electron chi connectivity index (χ1n) is 6.81. The average Bonchev–Trinajstić information content (AvgIpc) is 2.71. The third-order valence-corrected chi connectivity index (χ3v) is 6.32. The number of hydrogen-bond donors (Lipinski definition) is 2. The van der Waals surface area contributed by atoms with Crippen molar-refractivity contribution in [3.63, 3.8) is 0 Å². The molecule has 1 aliphatic rings. The average molecular weight is 311 g/mol. The van der Waals surface area contributed by atoms with Crippen molar-refractivity contribution >= 4 is 16.0 Å². The van der Waals surface area contributed by atoms with Crippen molar-refractivity contribution in [2.75, 3.05) is 0 Å². The van der Waals surface area contributed by atoms with Gasteiger partial charge in [-0.2, -0.15) is 0 Å². The SMILES string of the molecule is CC1(C)C(NS(=O)(=O)c2ccc(CC(=O)O)cc2)C1(C)C. The molecular formula is C15H21NO4S. The molecule has 2 N–H and O–H groups in total. The standard InChI is InChI=1S/C15H21NO4S/c1-14(2)13(15(14,3)4)16-21(19,20)11-7-5-10(6-8-11)9-12(17)18/h5-8,13,16H,9H2,1-4H3,(H,17,18). The Morgan fingerprint density at radius 3 is 2.00 bits per heavy atom. The summed E-state index contributed by atoms with van der Waals surface area (Å²) in [6.07, 6.45) is -0.115. The fourth-order valence-electron chi connectivity index (χ4n) is 2.68. The predicted molar refractivity (Wildman–Crippen MR) is 79.5 cm³/mol. The highest BCUT2D eigenvalue weighted by molar-refractivity contribution is 7.89. The second kappa shape index (κ2) is 4.81. The summed E-state index contributed by atoms with van der Waals surface area (Å²) in [6, 6.07) is 5.86. The number of aliphatic carboxylic acids is 1. The summed E-state index contributed by atoms with van der Waals surface area (Å²) in [5.74, 6) is -0.940. The van der Waals surface area contributed by atoms with Gasteiger partial charge >= 0.3 is 5.97 Å². The van der Waals surface area contributed by atoms with Crippen LogP contribution in [0.15, 0.2) is 29.2 Å². The lowest BCUT2D eigenvalue weighted by atomic mass is 10.0. The Morgan fingerprint density at radius 2 is 1.62 bits per heavy atom. The number of hydrogen-bond acceptors (Lipinski definition) is 3. The zero-order chi connectivity index (χ0) is 16.1. The van der Waals surface area contributed by atoms with Crippen LogP contribution in [-0.4, -0.2) is 25.5 Å². The topological polar surface area (TPSA) is 83.5 Å². The number of nitrogens with one attached hydrogen (secondary N) is 1. The van der Waals surface area contributed by atoms with Gasteiger partial charge in [-0.15, -0.1) is 0 Å². The van der Waals surface area contributed by atoms with Crippen molar-refractivity contribution in [3.8, 4) is 0 Å². The minimum Gasteiger partial charge on any atom is -0.481 e. The highest BCUT2D eigenvalue weighted by Crippen LogP contribution is 2.62. The quantitative estimate of drug-likeness (QED) is 0.871. The Labute approximate surface area is 125 Å². The number of benzene rings is 1. The molecule has 116 valence electrons. The minimum atomic E-state index is -3.58. The van der Waals surface area contributed by atoms with Gasteiger partial charge in [0.05, 0.1) is 11.3 Å². The van der Waals surface area contributed by atoms with E-state index in [0.29, 0.717) is 5.56 Å². The molecule has 1 fully saturated rings. The molecule has 1 aromatic rings. The Balaban J connectivity index is 2.16. The summed E-state index contributed by atoms with van der Waals surface area (Å²) in [5, 5.41) is 8.71. The van der Waals surface area contributed by atoms with Gasteiger partial charge in [0.15, 0.2) is 0 Å². The summed E-state index contributed by atoms with van der Waals surface area (Å²) < 4.78 is 27.5. The lowest BCUT2D eigenvalue weighted by Crippen LogP contribution is -2.29. The highest BCUT2D eigenvalue weighted by Gasteiger charge is 2.65. The van der Waals surface area contributed by atoms with Crippen LogP contribution in [0.4, 0.5) is 0 Å². The van der Waals surface area contributed by atoms with Crippen LogP contribution in [0.2, 0.25) is 0 Å². The molecule has 0 aliphatic heterocycles. The molecule has 1 saturated carbocycles. The number of carboxylic acids is 1. The predicted octanol–water partition coefficient (Wildman–Crippen LogP) is 2.03. The van der Waals surface area contributed by atoms with Gasteiger partial charge in [0.1, 0.15) is 0 Å². The van der Waals surface area contributed by atoms with Crippen molar-refractivity contribution in [3.05, 3.63) is 29.8 Å². The highest BCUT2D eigenvalue weighted by atomic mass is 32.2.